The van der Waals surface area contributed by atoms with Gasteiger partial charge in [0.1, 0.15) is 0 Å². The molecule has 0 spiro atoms. The molecular formula is C21H19ClN4OS. The molecule has 1 amide bonds. The fraction of sp³-hybridized carbons (Fsp3) is 0.238. The van der Waals surface area contributed by atoms with Gasteiger partial charge >= 0.3 is 0 Å². The molecule has 7 heteroatoms. The number of hydrogen-bond acceptors (Lipinski definition) is 5. The fourth-order valence-corrected chi connectivity index (χ4v) is 4.87. The van der Waals surface area contributed by atoms with Gasteiger partial charge in [-0.15, -0.1) is 0 Å². The molecule has 0 atom stereocenters. The number of pyridine rings is 1. The number of piperazine rings is 1. The number of carbonyl (C=O) groups excluding carboxylic acids is 1. The van der Waals surface area contributed by atoms with Gasteiger partial charge in [0.2, 0.25) is 0 Å². The normalized spacial score (nSPS) is 16.4. The van der Waals surface area contributed by atoms with Gasteiger partial charge in [0.25, 0.3) is 5.91 Å². The van der Waals surface area contributed by atoms with E-state index in [1.165, 1.54) is 0 Å². The summed E-state index contributed by atoms with van der Waals surface area (Å²) in [4.78, 5) is 22.8. The average Bonchev–Trinajstić information content (AvgIpc) is 2.73. The predicted molar refractivity (Wildman–Crippen MR) is 115 cm³/mol. The van der Waals surface area contributed by atoms with E-state index in [0.717, 1.165) is 58.8 Å². The topological polar surface area (TPSA) is 48.5 Å². The highest BCUT2D eigenvalue weighted by molar-refractivity contribution is 8.00. The number of nitrogens with zero attached hydrogens (tertiary/aromatic N) is 3. The molecule has 2 aliphatic rings. The number of nitrogens with one attached hydrogen (secondary N) is 1. The number of likely N-dealkylation sites (N-methyl/N-ethyl adjacent to an activating group) is 1. The number of rotatable bonds is 1. The van der Waals surface area contributed by atoms with Gasteiger partial charge in [-0.2, -0.15) is 0 Å². The summed E-state index contributed by atoms with van der Waals surface area (Å²) in [5.41, 5.74) is 4.51. The van der Waals surface area contributed by atoms with Gasteiger partial charge in [-0.05, 0) is 55.4 Å². The molecule has 3 heterocycles. The molecule has 0 unspecified atom stereocenters. The van der Waals surface area contributed by atoms with Gasteiger partial charge in [-0.25, -0.2) is 0 Å². The lowest BCUT2D eigenvalue weighted by molar-refractivity contribution is 0.0664. The molecule has 142 valence electrons. The Morgan fingerprint density at radius 3 is 2.79 bits per heavy atom. The molecule has 28 heavy (non-hydrogen) atoms. The maximum Gasteiger partial charge on any atom is 0.253 e. The van der Waals surface area contributed by atoms with Crippen LogP contribution < -0.4 is 4.72 Å². The third-order valence-electron chi connectivity index (χ3n) is 5.41. The van der Waals surface area contributed by atoms with Gasteiger partial charge in [-0.1, -0.05) is 11.6 Å². The van der Waals surface area contributed by atoms with Gasteiger partial charge in [0, 0.05) is 59.3 Å². The van der Waals surface area contributed by atoms with Crippen LogP contribution in [0.3, 0.4) is 0 Å². The third kappa shape index (κ3) is 2.92. The van der Waals surface area contributed by atoms with E-state index in [2.05, 4.69) is 21.7 Å². The number of anilines is 1. The Labute approximate surface area is 172 Å². The largest absolute Gasteiger partial charge is 0.336 e. The van der Waals surface area contributed by atoms with E-state index >= 15 is 0 Å². The molecular weight excluding hydrogens is 392 g/mol. The van der Waals surface area contributed by atoms with Crippen molar-refractivity contribution in [3.05, 3.63) is 53.2 Å². The van der Waals surface area contributed by atoms with Gasteiger partial charge in [-0.3, -0.25) is 9.78 Å². The van der Waals surface area contributed by atoms with Crippen LogP contribution in [0, 0.1) is 0 Å². The first-order valence-electron chi connectivity index (χ1n) is 9.24. The number of fused-ring (bicyclic) bond motifs is 5. The summed E-state index contributed by atoms with van der Waals surface area (Å²) in [6, 6.07) is 11.7. The smallest absolute Gasteiger partial charge is 0.253 e. The maximum absolute atomic E-state index is 13.0. The zero-order chi connectivity index (χ0) is 19.3. The van der Waals surface area contributed by atoms with Crippen LogP contribution in [-0.2, 0) is 0 Å². The van der Waals surface area contributed by atoms with Crippen molar-refractivity contribution in [3.8, 4) is 11.1 Å². The van der Waals surface area contributed by atoms with Crippen molar-refractivity contribution >= 4 is 46.0 Å². The molecule has 0 saturated carbocycles. The van der Waals surface area contributed by atoms with E-state index in [0.29, 0.717) is 10.6 Å². The molecule has 1 saturated heterocycles. The van der Waals surface area contributed by atoms with Crippen molar-refractivity contribution in [2.45, 2.75) is 4.90 Å². The lowest BCUT2D eigenvalue weighted by atomic mass is 9.98. The molecule has 2 aliphatic heterocycles. The third-order valence-corrected chi connectivity index (χ3v) is 6.61. The Balaban J connectivity index is 1.58. The molecule has 5 nitrogen and oxygen atoms in total. The first kappa shape index (κ1) is 17.8. The molecule has 1 N–H and O–H groups in total. The van der Waals surface area contributed by atoms with E-state index < -0.39 is 0 Å². The van der Waals surface area contributed by atoms with Gasteiger partial charge < -0.3 is 14.5 Å². The van der Waals surface area contributed by atoms with Crippen molar-refractivity contribution in [2.75, 3.05) is 37.9 Å². The number of amides is 1. The van der Waals surface area contributed by atoms with Crippen molar-refractivity contribution in [2.24, 2.45) is 0 Å². The van der Waals surface area contributed by atoms with Crippen LogP contribution in [0.5, 0.6) is 0 Å². The molecule has 0 radical (unpaired) electrons. The second-order valence-electron chi connectivity index (χ2n) is 7.19. The summed E-state index contributed by atoms with van der Waals surface area (Å²) >= 11 is 8.09. The average molecular weight is 411 g/mol. The van der Waals surface area contributed by atoms with E-state index in [4.69, 9.17) is 11.6 Å². The number of carbonyl (C=O) groups is 1. The molecule has 3 aromatic rings. The van der Waals surface area contributed by atoms with Crippen LogP contribution in [-0.4, -0.2) is 53.9 Å². The fourth-order valence-electron chi connectivity index (χ4n) is 3.78. The Kier molecular flexibility index (Phi) is 4.42. The van der Waals surface area contributed by atoms with E-state index in [1.807, 2.05) is 41.3 Å². The molecule has 1 fully saturated rings. The first-order chi connectivity index (χ1) is 13.6. The van der Waals surface area contributed by atoms with Gasteiger partial charge in [0.15, 0.2) is 0 Å². The SMILES string of the molecule is CN1CCN(C(=O)c2ccc3c(c2)-c2cc(Cl)c4cccnc4c2NS3)CC1. The Morgan fingerprint density at radius 1 is 1.14 bits per heavy atom. The number of hydrogen-bond donors (Lipinski definition) is 1. The Bertz CT molecular complexity index is 1100. The quantitative estimate of drug-likeness (QED) is 0.603. The lowest BCUT2D eigenvalue weighted by Gasteiger charge is -2.32. The van der Waals surface area contributed by atoms with Crippen LogP contribution in [0.2, 0.25) is 5.02 Å². The van der Waals surface area contributed by atoms with Crippen LogP contribution in [0.1, 0.15) is 10.4 Å². The lowest BCUT2D eigenvalue weighted by Crippen LogP contribution is -2.47. The maximum atomic E-state index is 13.0. The van der Waals surface area contributed by atoms with E-state index in [1.54, 1.807) is 18.1 Å². The summed E-state index contributed by atoms with van der Waals surface area (Å²) < 4.78 is 3.40. The van der Waals surface area contributed by atoms with Crippen LogP contribution >= 0.6 is 23.5 Å². The first-order valence-corrected chi connectivity index (χ1v) is 10.4. The summed E-state index contributed by atoms with van der Waals surface area (Å²) in [6.45, 7) is 3.35. The van der Waals surface area contributed by atoms with Crippen molar-refractivity contribution in [3.63, 3.8) is 0 Å². The Morgan fingerprint density at radius 2 is 1.96 bits per heavy atom. The predicted octanol–water partition coefficient (Wildman–Crippen LogP) is 4.38. The minimum atomic E-state index is 0.0889. The van der Waals surface area contributed by atoms with Crippen LogP contribution in [0.4, 0.5) is 5.69 Å². The number of halogens is 1. The highest BCUT2D eigenvalue weighted by atomic mass is 35.5. The zero-order valence-electron chi connectivity index (χ0n) is 15.4. The van der Waals surface area contributed by atoms with Gasteiger partial charge in [0.05, 0.1) is 16.2 Å². The molecule has 2 aromatic carbocycles. The number of aromatic nitrogens is 1. The van der Waals surface area contributed by atoms with Crippen molar-refractivity contribution in [1.82, 2.24) is 14.8 Å². The number of benzene rings is 2. The zero-order valence-corrected chi connectivity index (χ0v) is 17.0. The highest BCUT2D eigenvalue weighted by Crippen LogP contribution is 2.47. The van der Waals surface area contributed by atoms with E-state index in [9.17, 15) is 4.79 Å². The molecule has 0 bridgehead atoms. The minimum absolute atomic E-state index is 0.0889. The minimum Gasteiger partial charge on any atom is -0.336 e. The summed E-state index contributed by atoms with van der Waals surface area (Å²) in [5.74, 6) is 0.0889. The molecule has 5 rings (SSSR count). The van der Waals surface area contributed by atoms with Crippen molar-refractivity contribution in [1.29, 1.82) is 0 Å². The highest BCUT2D eigenvalue weighted by Gasteiger charge is 2.25. The second kappa shape index (κ2) is 6.95. The summed E-state index contributed by atoms with van der Waals surface area (Å²) in [7, 11) is 2.09. The molecule has 0 aliphatic carbocycles. The summed E-state index contributed by atoms with van der Waals surface area (Å²) in [5, 5.41) is 1.58. The van der Waals surface area contributed by atoms with E-state index in [-0.39, 0.29) is 5.91 Å². The second-order valence-corrected chi connectivity index (χ2v) is 8.45. The van der Waals surface area contributed by atoms with Crippen LogP contribution in [0.15, 0.2) is 47.5 Å². The standard InChI is InChI=1S/C21H19ClN4OS/c1-25-7-9-26(10-8-25)21(27)13-4-5-18-15(11-13)16-12-17(22)14-3-2-6-23-19(14)20(16)24-28-18/h2-6,11-12,24H,7-10H2,1H3. The molecule has 1 aromatic heterocycles. The van der Waals surface area contributed by atoms with Crippen LogP contribution in [0.25, 0.3) is 22.0 Å². The Hall–Kier alpha value is -2.28. The van der Waals surface area contributed by atoms with Crippen molar-refractivity contribution < 1.29 is 4.79 Å². The summed E-state index contributed by atoms with van der Waals surface area (Å²) in [6.07, 6.45) is 1.77. The monoisotopic (exact) mass is 410 g/mol.